The molecule has 0 radical (unpaired) electrons. The monoisotopic (exact) mass is 282 g/mol. The number of nitrogens with zero attached hydrogens (tertiary/aromatic N) is 2. The molecule has 2 aromatic rings. The standard InChI is InChI=1S/C17H18N2O2/c20-17-16-11-18(8-13-6-7-21-12-13)9-14(16)10-19(17)15-4-2-1-3-5-15/h1-7,12,14,16H,8-11H2/t14-,16+/m0/s1. The lowest BCUT2D eigenvalue weighted by molar-refractivity contribution is -0.120. The Morgan fingerprint density at radius 1 is 1.10 bits per heavy atom. The zero-order chi connectivity index (χ0) is 14.2. The van der Waals surface area contributed by atoms with Crippen molar-refractivity contribution in [2.75, 3.05) is 24.5 Å². The van der Waals surface area contributed by atoms with E-state index < -0.39 is 0 Å². The third kappa shape index (κ3) is 2.25. The molecule has 2 aliphatic heterocycles. The first-order chi connectivity index (χ1) is 10.3. The van der Waals surface area contributed by atoms with Gasteiger partial charge < -0.3 is 9.32 Å². The molecule has 3 heterocycles. The Morgan fingerprint density at radius 2 is 1.95 bits per heavy atom. The summed E-state index contributed by atoms with van der Waals surface area (Å²) in [5.74, 6) is 0.877. The summed E-state index contributed by atoms with van der Waals surface area (Å²) < 4.78 is 5.11. The van der Waals surface area contributed by atoms with Gasteiger partial charge in [-0.1, -0.05) is 18.2 Å². The van der Waals surface area contributed by atoms with Gasteiger partial charge in [-0.3, -0.25) is 9.69 Å². The highest BCUT2D eigenvalue weighted by atomic mass is 16.3. The number of fused-ring (bicyclic) bond motifs is 1. The van der Waals surface area contributed by atoms with Crippen LogP contribution < -0.4 is 4.90 Å². The zero-order valence-corrected chi connectivity index (χ0v) is 11.8. The third-order valence-corrected chi connectivity index (χ3v) is 4.57. The largest absolute Gasteiger partial charge is 0.472 e. The number of likely N-dealkylation sites (tertiary alicyclic amines) is 1. The van der Waals surface area contributed by atoms with Crippen LogP contribution in [0, 0.1) is 11.8 Å². The van der Waals surface area contributed by atoms with Gasteiger partial charge in [-0.25, -0.2) is 0 Å². The maximum Gasteiger partial charge on any atom is 0.231 e. The van der Waals surface area contributed by atoms with Gasteiger partial charge in [0, 0.05) is 43.3 Å². The van der Waals surface area contributed by atoms with E-state index in [1.54, 1.807) is 12.5 Å². The van der Waals surface area contributed by atoms with E-state index in [0.717, 1.165) is 31.9 Å². The number of carbonyl (C=O) groups is 1. The molecule has 0 saturated carbocycles. The van der Waals surface area contributed by atoms with E-state index in [4.69, 9.17) is 4.42 Å². The van der Waals surface area contributed by atoms with E-state index in [2.05, 4.69) is 4.90 Å². The van der Waals surface area contributed by atoms with Crippen molar-refractivity contribution in [2.24, 2.45) is 11.8 Å². The molecule has 108 valence electrons. The molecule has 21 heavy (non-hydrogen) atoms. The summed E-state index contributed by atoms with van der Waals surface area (Å²) in [4.78, 5) is 16.9. The van der Waals surface area contributed by atoms with Crippen LogP contribution in [0.15, 0.2) is 53.3 Å². The van der Waals surface area contributed by atoms with Gasteiger partial charge in [0.25, 0.3) is 0 Å². The van der Waals surface area contributed by atoms with Gasteiger partial charge in [0.2, 0.25) is 5.91 Å². The second-order valence-electron chi connectivity index (χ2n) is 5.98. The molecule has 2 fully saturated rings. The van der Waals surface area contributed by atoms with Gasteiger partial charge in [0.15, 0.2) is 0 Å². The highest BCUT2D eigenvalue weighted by Crippen LogP contribution is 2.35. The van der Waals surface area contributed by atoms with Crippen molar-refractivity contribution < 1.29 is 9.21 Å². The Labute approximate surface area is 124 Å². The molecule has 1 aromatic carbocycles. The van der Waals surface area contributed by atoms with Crippen molar-refractivity contribution in [3.8, 4) is 0 Å². The molecule has 4 nitrogen and oxygen atoms in total. The molecule has 2 saturated heterocycles. The first-order valence-electron chi connectivity index (χ1n) is 7.41. The van der Waals surface area contributed by atoms with Gasteiger partial charge in [-0.05, 0) is 18.2 Å². The summed E-state index contributed by atoms with van der Waals surface area (Å²) >= 11 is 0. The van der Waals surface area contributed by atoms with E-state index in [1.807, 2.05) is 41.3 Å². The highest BCUT2D eigenvalue weighted by Gasteiger charge is 2.46. The van der Waals surface area contributed by atoms with Crippen molar-refractivity contribution >= 4 is 11.6 Å². The van der Waals surface area contributed by atoms with Crippen molar-refractivity contribution in [3.63, 3.8) is 0 Å². The fourth-order valence-corrected chi connectivity index (χ4v) is 3.56. The Kier molecular flexibility index (Phi) is 3.04. The molecule has 0 aliphatic carbocycles. The predicted molar refractivity (Wildman–Crippen MR) is 79.8 cm³/mol. The second kappa shape index (κ2) is 5.04. The molecule has 4 rings (SSSR count). The molecule has 0 unspecified atom stereocenters. The topological polar surface area (TPSA) is 36.7 Å². The molecule has 0 N–H and O–H groups in total. The van der Waals surface area contributed by atoms with E-state index in [-0.39, 0.29) is 11.8 Å². The van der Waals surface area contributed by atoms with Crippen LogP contribution in [0.25, 0.3) is 0 Å². The van der Waals surface area contributed by atoms with Crippen LogP contribution in [0.4, 0.5) is 5.69 Å². The van der Waals surface area contributed by atoms with Crippen LogP contribution in [0.3, 0.4) is 0 Å². The summed E-state index contributed by atoms with van der Waals surface area (Å²) in [6, 6.07) is 12.0. The van der Waals surface area contributed by atoms with E-state index >= 15 is 0 Å². The van der Waals surface area contributed by atoms with Gasteiger partial charge in [0.05, 0.1) is 18.4 Å². The Hall–Kier alpha value is -2.07. The molecule has 2 atom stereocenters. The average molecular weight is 282 g/mol. The molecular weight excluding hydrogens is 264 g/mol. The number of anilines is 1. The van der Waals surface area contributed by atoms with Crippen molar-refractivity contribution in [3.05, 3.63) is 54.5 Å². The van der Waals surface area contributed by atoms with Crippen molar-refractivity contribution in [1.29, 1.82) is 0 Å². The van der Waals surface area contributed by atoms with Crippen LogP contribution in [-0.2, 0) is 11.3 Å². The fraction of sp³-hybridized carbons (Fsp3) is 0.353. The third-order valence-electron chi connectivity index (χ3n) is 4.57. The minimum atomic E-state index is 0.150. The van der Waals surface area contributed by atoms with Crippen molar-refractivity contribution in [1.82, 2.24) is 4.90 Å². The minimum absolute atomic E-state index is 0.150. The number of rotatable bonds is 3. The smallest absolute Gasteiger partial charge is 0.231 e. The van der Waals surface area contributed by atoms with Gasteiger partial charge >= 0.3 is 0 Å². The Balaban J connectivity index is 1.45. The summed E-state index contributed by atoms with van der Waals surface area (Å²) in [5.41, 5.74) is 2.21. The Bertz CT molecular complexity index is 624. The molecule has 2 aliphatic rings. The van der Waals surface area contributed by atoms with Gasteiger partial charge in [-0.15, -0.1) is 0 Å². The first kappa shape index (κ1) is 12.7. The fourth-order valence-electron chi connectivity index (χ4n) is 3.56. The van der Waals surface area contributed by atoms with Gasteiger partial charge in [-0.2, -0.15) is 0 Å². The number of carbonyl (C=O) groups excluding carboxylic acids is 1. The first-order valence-corrected chi connectivity index (χ1v) is 7.41. The number of hydrogen-bond acceptors (Lipinski definition) is 3. The normalized spacial score (nSPS) is 25.5. The summed E-state index contributed by atoms with van der Waals surface area (Å²) in [7, 11) is 0. The molecule has 0 bridgehead atoms. The molecular formula is C17H18N2O2. The highest BCUT2D eigenvalue weighted by molar-refractivity contribution is 5.98. The predicted octanol–water partition coefficient (Wildman–Crippen LogP) is 2.37. The van der Waals surface area contributed by atoms with Gasteiger partial charge in [0.1, 0.15) is 0 Å². The summed E-state index contributed by atoms with van der Waals surface area (Å²) in [5, 5.41) is 0. The van der Waals surface area contributed by atoms with Crippen molar-refractivity contribution in [2.45, 2.75) is 6.54 Å². The maximum absolute atomic E-state index is 12.6. The summed E-state index contributed by atoms with van der Waals surface area (Å²) in [6.07, 6.45) is 3.49. The lowest BCUT2D eigenvalue weighted by Gasteiger charge is -2.21. The number of para-hydroxylation sites is 1. The average Bonchev–Trinajstić information content (AvgIpc) is 3.20. The number of benzene rings is 1. The Morgan fingerprint density at radius 3 is 2.67 bits per heavy atom. The minimum Gasteiger partial charge on any atom is -0.472 e. The van der Waals surface area contributed by atoms with Crippen LogP contribution in [0.1, 0.15) is 5.56 Å². The second-order valence-corrected chi connectivity index (χ2v) is 5.98. The van der Waals surface area contributed by atoms with E-state index in [0.29, 0.717) is 5.92 Å². The van der Waals surface area contributed by atoms with Crippen LogP contribution in [-0.4, -0.2) is 30.4 Å². The maximum atomic E-state index is 12.6. The molecule has 0 spiro atoms. The van der Waals surface area contributed by atoms with Crippen LogP contribution in [0.2, 0.25) is 0 Å². The lowest BCUT2D eigenvalue weighted by Crippen LogP contribution is -2.32. The van der Waals surface area contributed by atoms with E-state index in [9.17, 15) is 4.79 Å². The molecule has 1 aromatic heterocycles. The number of furan rings is 1. The van der Waals surface area contributed by atoms with Crippen LogP contribution >= 0.6 is 0 Å². The lowest BCUT2D eigenvalue weighted by atomic mass is 10.0. The van der Waals surface area contributed by atoms with Crippen LogP contribution in [0.5, 0.6) is 0 Å². The number of amides is 1. The quantitative estimate of drug-likeness (QED) is 0.867. The summed E-state index contributed by atoms with van der Waals surface area (Å²) in [6.45, 7) is 3.57. The molecule has 1 amide bonds. The molecule has 4 heteroatoms. The zero-order valence-electron chi connectivity index (χ0n) is 11.8. The SMILES string of the molecule is O=C1[C@@H]2CN(Cc3ccoc3)C[C@H]2CN1c1ccccc1. The van der Waals surface area contributed by atoms with E-state index in [1.165, 1.54) is 5.56 Å². The number of hydrogen-bond donors (Lipinski definition) is 0.